The number of primary sulfonamides is 1. The third-order valence-corrected chi connectivity index (χ3v) is 4.65. The molecular weight excluding hydrogens is 278 g/mol. The number of rotatable bonds is 4. The molecule has 1 aliphatic rings. The number of sulfonamides is 1. The molecule has 0 aliphatic carbocycles. The van der Waals surface area contributed by atoms with Crippen LogP contribution in [-0.4, -0.2) is 28.2 Å². The summed E-state index contributed by atoms with van der Waals surface area (Å²) in [5.41, 5.74) is 1.40. The Balaban J connectivity index is 2.11. The molecule has 2 rings (SSSR count). The molecule has 0 unspecified atom stereocenters. The maximum absolute atomic E-state index is 11.4. The summed E-state index contributed by atoms with van der Waals surface area (Å²) in [6, 6.07) is 3.32. The van der Waals surface area contributed by atoms with Gasteiger partial charge < -0.3 is 9.47 Å². The molecule has 1 aliphatic heterocycles. The number of benzene rings is 1. The highest BCUT2D eigenvalue weighted by molar-refractivity contribution is 7.89. The van der Waals surface area contributed by atoms with E-state index in [-0.39, 0.29) is 4.90 Å². The van der Waals surface area contributed by atoms with Crippen LogP contribution in [0.15, 0.2) is 17.0 Å². The summed E-state index contributed by atoms with van der Waals surface area (Å²) in [4.78, 5) is 0.161. The van der Waals surface area contributed by atoms with Crippen molar-refractivity contribution in [2.45, 2.75) is 31.6 Å². The molecule has 5 nitrogen and oxygen atoms in total. The average Bonchev–Trinajstić information content (AvgIpc) is 2.39. The van der Waals surface area contributed by atoms with Crippen LogP contribution in [0.2, 0.25) is 0 Å². The third-order valence-electron chi connectivity index (χ3n) is 3.59. The normalized spacial score (nSPS) is 17.1. The first kappa shape index (κ1) is 15.3. The molecule has 1 aromatic rings. The lowest BCUT2D eigenvalue weighted by Gasteiger charge is -2.22. The minimum absolute atomic E-state index is 0.161. The number of hydrogen-bond acceptors (Lipinski definition) is 4. The van der Waals surface area contributed by atoms with Crippen molar-refractivity contribution in [1.29, 1.82) is 0 Å². The summed E-state index contributed by atoms with van der Waals surface area (Å²) in [6.07, 6.45) is 2.01. The van der Waals surface area contributed by atoms with Gasteiger partial charge in [-0.15, -0.1) is 0 Å². The van der Waals surface area contributed by atoms with Crippen LogP contribution in [0.3, 0.4) is 0 Å². The van der Waals surface area contributed by atoms with Gasteiger partial charge in [0.15, 0.2) is 0 Å². The maximum Gasteiger partial charge on any atom is 0.238 e. The summed E-state index contributed by atoms with van der Waals surface area (Å²) >= 11 is 0. The Morgan fingerprint density at radius 2 is 1.90 bits per heavy atom. The van der Waals surface area contributed by atoms with Gasteiger partial charge in [0.2, 0.25) is 10.0 Å². The number of nitrogens with two attached hydrogens (primary N) is 1. The van der Waals surface area contributed by atoms with Crippen LogP contribution in [0.4, 0.5) is 0 Å². The van der Waals surface area contributed by atoms with Gasteiger partial charge in [0, 0.05) is 13.2 Å². The summed E-state index contributed by atoms with van der Waals surface area (Å²) in [7, 11) is -3.68. The molecular formula is C14H21NO4S. The topological polar surface area (TPSA) is 78.6 Å². The fourth-order valence-corrected chi connectivity index (χ4v) is 3.19. The minimum Gasteiger partial charge on any atom is -0.493 e. The summed E-state index contributed by atoms with van der Waals surface area (Å²) < 4.78 is 34.0. The highest BCUT2D eigenvalue weighted by atomic mass is 32.2. The van der Waals surface area contributed by atoms with E-state index in [2.05, 4.69) is 0 Å². The Bertz CT molecular complexity index is 577. The molecule has 0 atom stereocenters. The van der Waals surface area contributed by atoms with E-state index in [0.717, 1.165) is 37.4 Å². The highest BCUT2D eigenvalue weighted by Gasteiger charge is 2.17. The summed E-state index contributed by atoms with van der Waals surface area (Å²) in [5, 5.41) is 5.18. The first-order valence-corrected chi connectivity index (χ1v) is 8.27. The maximum atomic E-state index is 11.4. The van der Waals surface area contributed by atoms with Crippen LogP contribution < -0.4 is 9.88 Å². The predicted molar refractivity (Wildman–Crippen MR) is 76.3 cm³/mol. The SMILES string of the molecule is Cc1cc(S(N)(=O)=O)c(C)cc1OCC1CCOCC1. The van der Waals surface area contributed by atoms with Crippen molar-refractivity contribution in [3.05, 3.63) is 23.3 Å². The Kier molecular flexibility index (Phi) is 4.67. The van der Waals surface area contributed by atoms with E-state index in [1.807, 2.05) is 6.92 Å². The minimum atomic E-state index is -3.68. The molecule has 112 valence electrons. The van der Waals surface area contributed by atoms with Crippen molar-refractivity contribution in [3.63, 3.8) is 0 Å². The van der Waals surface area contributed by atoms with Gasteiger partial charge in [-0.2, -0.15) is 0 Å². The van der Waals surface area contributed by atoms with Crippen molar-refractivity contribution >= 4 is 10.0 Å². The van der Waals surface area contributed by atoms with E-state index in [9.17, 15) is 8.42 Å². The Morgan fingerprint density at radius 3 is 2.50 bits per heavy atom. The number of aryl methyl sites for hydroxylation is 2. The second-order valence-corrected chi connectivity index (χ2v) is 6.82. The lowest BCUT2D eigenvalue weighted by Crippen LogP contribution is -2.21. The molecule has 0 radical (unpaired) electrons. The van der Waals surface area contributed by atoms with Crippen LogP contribution in [0.25, 0.3) is 0 Å². The lowest BCUT2D eigenvalue weighted by molar-refractivity contribution is 0.0496. The van der Waals surface area contributed by atoms with Gasteiger partial charge in [-0.25, -0.2) is 13.6 Å². The zero-order valence-corrected chi connectivity index (χ0v) is 12.7. The second-order valence-electron chi connectivity index (χ2n) is 5.29. The molecule has 1 heterocycles. The molecule has 20 heavy (non-hydrogen) atoms. The van der Waals surface area contributed by atoms with Crippen molar-refractivity contribution in [1.82, 2.24) is 0 Å². The predicted octanol–water partition coefficient (Wildman–Crippen LogP) is 1.76. The van der Waals surface area contributed by atoms with E-state index in [0.29, 0.717) is 18.1 Å². The van der Waals surface area contributed by atoms with Gasteiger partial charge in [0.1, 0.15) is 5.75 Å². The van der Waals surface area contributed by atoms with Gasteiger partial charge in [-0.3, -0.25) is 0 Å². The Labute approximate surface area is 120 Å². The average molecular weight is 299 g/mol. The second kappa shape index (κ2) is 6.11. The van der Waals surface area contributed by atoms with Crippen molar-refractivity contribution in [3.8, 4) is 5.75 Å². The van der Waals surface area contributed by atoms with Crippen molar-refractivity contribution in [2.24, 2.45) is 11.1 Å². The molecule has 0 bridgehead atoms. The number of hydrogen-bond donors (Lipinski definition) is 1. The van der Waals surface area contributed by atoms with Crippen LogP contribution in [0.1, 0.15) is 24.0 Å². The van der Waals surface area contributed by atoms with E-state index in [1.165, 1.54) is 0 Å². The smallest absolute Gasteiger partial charge is 0.238 e. The molecule has 2 N–H and O–H groups in total. The largest absolute Gasteiger partial charge is 0.493 e. The highest BCUT2D eigenvalue weighted by Crippen LogP contribution is 2.26. The van der Waals surface area contributed by atoms with Crippen LogP contribution in [-0.2, 0) is 14.8 Å². The van der Waals surface area contributed by atoms with Gasteiger partial charge in [-0.1, -0.05) is 0 Å². The monoisotopic (exact) mass is 299 g/mol. The number of ether oxygens (including phenoxy) is 2. The molecule has 0 aromatic heterocycles. The quantitative estimate of drug-likeness (QED) is 0.918. The molecule has 1 aromatic carbocycles. The van der Waals surface area contributed by atoms with Crippen LogP contribution >= 0.6 is 0 Å². The summed E-state index contributed by atoms with van der Waals surface area (Å²) in [5.74, 6) is 1.22. The fraction of sp³-hybridized carbons (Fsp3) is 0.571. The molecule has 0 amide bonds. The van der Waals surface area contributed by atoms with Crippen molar-refractivity contribution in [2.75, 3.05) is 19.8 Å². The first-order chi connectivity index (χ1) is 9.38. The standard InChI is InChI=1S/C14H21NO4S/c1-10-8-14(20(15,16)17)11(2)7-13(10)19-9-12-3-5-18-6-4-12/h7-8,12H,3-6,9H2,1-2H3,(H2,15,16,17). The van der Waals surface area contributed by atoms with Crippen LogP contribution in [0, 0.1) is 19.8 Å². The van der Waals surface area contributed by atoms with E-state index in [4.69, 9.17) is 14.6 Å². The molecule has 6 heteroatoms. The van der Waals surface area contributed by atoms with Gasteiger partial charge in [0.05, 0.1) is 11.5 Å². The molecule has 1 fully saturated rings. The molecule has 0 saturated carbocycles. The zero-order valence-electron chi connectivity index (χ0n) is 11.9. The third kappa shape index (κ3) is 3.71. The van der Waals surface area contributed by atoms with Gasteiger partial charge in [-0.05, 0) is 55.9 Å². The Morgan fingerprint density at radius 1 is 1.25 bits per heavy atom. The zero-order chi connectivity index (χ0) is 14.8. The Hall–Kier alpha value is -1.11. The van der Waals surface area contributed by atoms with E-state index in [1.54, 1.807) is 19.1 Å². The van der Waals surface area contributed by atoms with E-state index < -0.39 is 10.0 Å². The van der Waals surface area contributed by atoms with Gasteiger partial charge in [0.25, 0.3) is 0 Å². The van der Waals surface area contributed by atoms with Crippen molar-refractivity contribution < 1.29 is 17.9 Å². The fourth-order valence-electron chi connectivity index (χ4n) is 2.35. The van der Waals surface area contributed by atoms with Gasteiger partial charge >= 0.3 is 0 Å². The van der Waals surface area contributed by atoms with Crippen LogP contribution in [0.5, 0.6) is 5.75 Å². The summed E-state index contributed by atoms with van der Waals surface area (Å²) in [6.45, 7) is 5.76. The molecule has 0 spiro atoms. The first-order valence-electron chi connectivity index (χ1n) is 6.72. The lowest BCUT2D eigenvalue weighted by atomic mass is 10.0. The van der Waals surface area contributed by atoms with E-state index >= 15 is 0 Å². The molecule has 1 saturated heterocycles.